The van der Waals surface area contributed by atoms with Gasteiger partial charge in [-0.15, -0.1) is 11.3 Å². The van der Waals surface area contributed by atoms with Gasteiger partial charge in [0, 0.05) is 5.56 Å². The van der Waals surface area contributed by atoms with E-state index in [1.807, 2.05) is 54.6 Å². The Balaban J connectivity index is 2.00. The fourth-order valence-electron chi connectivity index (χ4n) is 1.95. The number of benzene rings is 2. The zero-order valence-electron chi connectivity index (χ0n) is 10.9. The molecule has 20 heavy (non-hydrogen) atoms. The molecular formula is C16H13NO2S. The fraction of sp³-hybridized carbons (Fsp3) is 0.0625. The molecule has 3 aromatic rings. The van der Waals surface area contributed by atoms with E-state index >= 15 is 0 Å². The molecule has 0 unspecified atom stereocenters. The van der Waals surface area contributed by atoms with Crippen molar-refractivity contribution in [2.75, 3.05) is 7.11 Å². The van der Waals surface area contributed by atoms with E-state index in [2.05, 4.69) is 4.98 Å². The Morgan fingerprint density at radius 2 is 1.65 bits per heavy atom. The second-order valence-corrected chi connectivity index (χ2v) is 5.27. The molecule has 0 saturated heterocycles. The standard InChI is InChI=1S/C16H13NO2S/c1-19-13-9-7-12(8-10-13)16-17-15(18)14(20-16)11-5-3-2-4-6-11/h2-10,18H,1H3. The predicted molar refractivity (Wildman–Crippen MR) is 81.2 cm³/mol. The van der Waals surface area contributed by atoms with Crippen molar-refractivity contribution in [1.82, 2.24) is 4.98 Å². The van der Waals surface area contributed by atoms with Gasteiger partial charge in [0.2, 0.25) is 5.88 Å². The highest BCUT2D eigenvalue weighted by molar-refractivity contribution is 7.18. The van der Waals surface area contributed by atoms with Crippen LogP contribution in [0.4, 0.5) is 0 Å². The molecule has 0 spiro atoms. The molecule has 0 aliphatic carbocycles. The van der Waals surface area contributed by atoms with Gasteiger partial charge < -0.3 is 9.84 Å². The van der Waals surface area contributed by atoms with Crippen LogP contribution in [0.1, 0.15) is 0 Å². The quantitative estimate of drug-likeness (QED) is 0.783. The first kappa shape index (κ1) is 12.7. The molecule has 2 aromatic carbocycles. The van der Waals surface area contributed by atoms with E-state index in [-0.39, 0.29) is 5.88 Å². The Labute approximate surface area is 121 Å². The zero-order valence-corrected chi connectivity index (χ0v) is 11.7. The molecule has 1 heterocycles. The maximum Gasteiger partial charge on any atom is 0.230 e. The lowest BCUT2D eigenvalue weighted by atomic mass is 10.2. The van der Waals surface area contributed by atoms with Gasteiger partial charge in [-0.1, -0.05) is 30.3 Å². The monoisotopic (exact) mass is 283 g/mol. The summed E-state index contributed by atoms with van der Waals surface area (Å²) in [5.74, 6) is 0.879. The molecule has 0 bridgehead atoms. The van der Waals surface area contributed by atoms with Gasteiger partial charge in [-0.3, -0.25) is 0 Å². The number of hydrogen-bond donors (Lipinski definition) is 1. The lowest BCUT2D eigenvalue weighted by molar-refractivity contribution is 0.415. The molecule has 1 N–H and O–H groups in total. The number of thiazole rings is 1. The largest absolute Gasteiger partial charge is 0.497 e. The highest BCUT2D eigenvalue weighted by Gasteiger charge is 2.13. The molecule has 0 radical (unpaired) electrons. The van der Waals surface area contributed by atoms with Crippen molar-refractivity contribution in [3.8, 4) is 32.6 Å². The molecule has 0 atom stereocenters. The number of aromatic nitrogens is 1. The third-order valence-electron chi connectivity index (χ3n) is 2.98. The van der Waals surface area contributed by atoms with Crippen molar-refractivity contribution < 1.29 is 9.84 Å². The molecule has 1 aromatic heterocycles. The molecule has 3 nitrogen and oxygen atoms in total. The van der Waals surface area contributed by atoms with E-state index in [0.29, 0.717) is 0 Å². The highest BCUT2D eigenvalue weighted by atomic mass is 32.1. The summed E-state index contributed by atoms with van der Waals surface area (Å²) in [5.41, 5.74) is 1.94. The van der Waals surface area contributed by atoms with Crippen molar-refractivity contribution in [1.29, 1.82) is 0 Å². The van der Waals surface area contributed by atoms with E-state index in [9.17, 15) is 5.11 Å². The zero-order chi connectivity index (χ0) is 13.9. The van der Waals surface area contributed by atoms with Crippen LogP contribution in [0.2, 0.25) is 0 Å². The summed E-state index contributed by atoms with van der Waals surface area (Å²) in [6.07, 6.45) is 0. The summed E-state index contributed by atoms with van der Waals surface area (Å²) in [6.45, 7) is 0. The van der Waals surface area contributed by atoms with E-state index in [4.69, 9.17) is 4.74 Å². The highest BCUT2D eigenvalue weighted by Crippen LogP contribution is 2.39. The first-order valence-electron chi connectivity index (χ1n) is 6.17. The van der Waals surface area contributed by atoms with Crippen molar-refractivity contribution in [2.24, 2.45) is 0 Å². The minimum Gasteiger partial charge on any atom is -0.497 e. The van der Waals surface area contributed by atoms with Crippen molar-refractivity contribution in [2.45, 2.75) is 0 Å². The number of hydrogen-bond acceptors (Lipinski definition) is 4. The van der Waals surface area contributed by atoms with E-state index in [1.165, 1.54) is 11.3 Å². The average molecular weight is 283 g/mol. The first-order valence-corrected chi connectivity index (χ1v) is 6.99. The fourth-order valence-corrected chi connectivity index (χ4v) is 2.92. The van der Waals surface area contributed by atoms with Crippen LogP contribution >= 0.6 is 11.3 Å². The summed E-state index contributed by atoms with van der Waals surface area (Å²) < 4.78 is 5.14. The van der Waals surface area contributed by atoms with E-state index in [0.717, 1.165) is 26.8 Å². The number of nitrogens with zero attached hydrogens (tertiary/aromatic N) is 1. The second-order valence-electron chi connectivity index (χ2n) is 4.27. The van der Waals surface area contributed by atoms with Gasteiger partial charge in [-0.25, -0.2) is 4.98 Å². The minimum atomic E-state index is 0.0759. The van der Waals surface area contributed by atoms with Gasteiger partial charge in [0.25, 0.3) is 0 Å². The molecule has 0 fully saturated rings. The number of aromatic hydroxyl groups is 1. The molecule has 0 aliphatic heterocycles. The van der Waals surface area contributed by atoms with Crippen LogP contribution in [-0.2, 0) is 0 Å². The SMILES string of the molecule is COc1ccc(-c2nc(O)c(-c3ccccc3)s2)cc1. The molecule has 0 amide bonds. The van der Waals surface area contributed by atoms with Crippen molar-refractivity contribution in [3.05, 3.63) is 54.6 Å². The van der Waals surface area contributed by atoms with E-state index in [1.54, 1.807) is 7.11 Å². The average Bonchev–Trinajstić information content (AvgIpc) is 2.90. The molecule has 0 aliphatic rings. The Bertz CT molecular complexity index is 705. The van der Waals surface area contributed by atoms with Crippen LogP contribution in [0.3, 0.4) is 0 Å². The van der Waals surface area contributed by atoms with E-state index < -0.39 is 0 Å². The molecular weight excluding hydrogens is 270 g/mol. The lowest BCUT2D eigenvalue weighted by Gasteiger charge is -1.99. The Morgan fingerprint density at radius 1 is 0.950 bits per heavy atom. The van der Waals surface area contributed by atoms with Gasteiger partial charge in [0.05, 0.1) is 12.0 Å². The van der Waals surface area contributed by atoms with Crippen LogP contribution in [0.15, 0.2) is 54.6 Å². The van der Waals surface area contributed by atoms with Crippen molar-refractivity contribution in [3.63, 3.8) is 0 Å². The predicted octanol–water partition coefficient (Wildman–Crippen LogP) is 4.19. The van der Waals surface area contributed by atoms with Crippen LogP contribution in [-0.4, -0.2) is 17.2 Å². The topological polar surface area (TPSA) is 42.4 Å². The lowest BCUT2D eigenvalue weighted by Crippen LogP contribution is -1.81. The van der Waals surface area contributed by atoms with Gasteiger partial charge in [-0.05, 0) is 29.8 Å². The Hall–Kier alpha value is -2.33. The summed E-state index contributed by atoms with van der Waals surface area (Å²) in [7, 11) is 1.64. The first-order chi connectivity index (χ1) is 9.78. The van der Waals surface area contributed by atoms with Crippen LogP contribution in [0.25, 0.3) is 21.0 Å². The van der Waals surface area contributed by atoms with Crippen molar-refractivity contribution >= 4 is 11.3 Å². The maximum absolute atomic E-state index is 10.0. The summed E-state index contributed by atoms with van der Waals surface area (Å²) in [4.78, 5) is 5.03. The van der Waals surface area contributed by atoms with Gasteiger partial charge >= 0.3 is 0 Å². The summed E-state index contributed by atoms with van der Waals surface area (Å²) >= 11 is 1.48. The third-order valence-corrected chi connectivity index (χ3v) is 4.12. The Kier molecular flexibility index (Phi) is 3.39. The minimum absolute atomic E-state index is 0.0759. The molecule has 3 rings (SSSR count). The van der Waals surface area contributed by atoms with Crippen LogP contribution < -0.4 is 4.74 Å². The summed E-state index contributed by atoms with van der Waals surface area (Å²) in [6, 6.07) is 17.4. The Morgan fingerprint density at radius 3 is 2.30 bits per heavy atom. The van der Waals surface area contributed by atoms with Gasteiger partial charge in [0.15, 0.2) is 0 Å². The third kappa shape index (κ3) is 2.38. The molecule has 4 heteroatoms. The smallest absolute Gasteiger partial charge is 0.230 e. The van der Waals surface area contributed by atoms with Crippen LogP contribution in [0, 0.1) is 0 Å². The number of ether oxygens (including phenoxy) is 1. The normalized spacial score (nSPS) is 10.4. The number of methoxy groups -OCH3 is 1. The second kappa shape index (κ2) is 5.35. The van der Waals surface area contributed by atoms with Gasteiger partial charge in [-0.2, -0.15) is 0 Å². The summed E-state index contributed by atoms with van der Waals surface area (Å²) in [5, 5.41) is 10.8. The van der Waals surface area contributed by atoms with Crippen LogP contribution in [0.5, 0.6) is 11.6 Å². The molecule has 0 saturated carbocycles. The maximum atomic E-state index is 10.0. The number of rotatable bonds is 3. The van der Waals surface area contributed by atoms with Gasteiger partial charge in [0.1, 0.15) is 10.8 Å². The molecule has 100 valence electrons.